The van der Waals surface area contributed by atoms with Gasteiger partial charge in [0.15, 0.2) is 0 Å². The zero-order chi connectivity index (χ0) is 13.2. The molecule has 2 atom stereocenters. The van der Waals surface area contributed by atoms with Crippen molar-refractivity contribution < 1.29 is 4.79 Å². The topological polar surface area (TPSA) is 69.8 Å². The first-order valence-corrected chi connectivity index (χ1v) is 6.72. The predicted octanol–water partition coefficient (Wildman–Crippen LogP) is 1.49. The fraction of sp³-hybridized carbons (Fsp3) is 0.429. The van der Waals surface area contributed by atoms with Crippen LogP contribution in [0.25, 0.3) is 11.0 Å². The first-order valence-electron chi connectivity index (χ1n) is 6.72. The largest absolute Gasteiger partial charge is 0.345 e. The third kappa shape index (κ3) is 2.46. The van der Waals surface area contributed by atoms with Crippen molar-refractivity contribution >= 4 is 16.9 Å². The lowest BCUT2D eigenvalue weighted by Crippen LogP contribution is -2.41. The average molecular weight is 258 g/mol. The van der Waals surface area contributed by atoms with Crippen LogP contribution in [0.3, 0.4) is 0 Å². The molecule has 1 aliphatic heterocycles. The summed E-state index contributed by atoms with van der Waals surface area (Å²) in [5.74, 6) is 0.859. The number of H-pyrrole nitrogens is 1. The van der Waals surface area contributed by atoms with E-state index in [9.17, 15) is 4.79 Å². The molecule has 1 aromatic heterocycles. The molecule has 2 heterocycles. The van der Waals surface area contributed by atoms with E-state index in [2.05, 4.69) is 20.6 Å². The van der Waals surface area contributed by atoms with Crippen molar-refractivity contribution in [1.29, 1.82) is 0 Å². The fourth-order valence-corrected chi connectivity index (χ4v) is 2.47. The molecule has 1 unspecified atom stereocenters. The molecule has 1 aromatic carbocycles. The number of carbonyl (C=O) groups is 1. The van der Waals surface area contributed by atoms with E-state index >= 15 is 0 Å². The maximum Gasteiger partial charge on any atom is 0.237 e. The lowest BCUT2D eigenvalue weighted by atomic mass is 10.2. The Balaban J connectivity index is 1.72. The normalized spacial score (nSPS) is 20.6. The number of aromatic nitrogens is 2. The van der Waals surface area contributed by atoms with E-state index in [0.717, 1.165) is 36.2 Å². The van der Waals surface area contributed by atoms with Gasteiger partial charge in [-0.25, -0.2) is 4.98 Å². The minimum atomic E-state index is -0.109. The number of nitrogens with zero attached hydrogens (tertiary/aromatic N) is 1. The Morgan fingerprint density at radius 2 is 2.32 bits per heavy atom. The summed E-state index contributed by atoms with van der Waals surface area (Å²) in [5.41, 5.74) is 1.93. The molecule has 3 rings (SSSR count). The quantitative estimate of drug-likeness (QED) is 0.781. The number of rotatable bonds is 3. The van der Waals surface area contributed by atoms with Crippen LogP contribution in [-0.2, 0) is 4.79 Å². The highest BCUT2D eigenvalue weighted by atomic mass is 16.2. The van der Waals surface area contributed by atoms with E-state index in [-0.39, 0.29) is 18.0 Å². The number of carbonyl (C=O) groups excluding carboxylic acids is 1. The molecule has 2 aromatic rings. The third-order valence-electron chi connectivity index (χ3n) is 3.55. The van der Waals surface area contributed by atoms with Crippen LogP contribution in [0.4, 0.5) is 0 Å². The van der Waals surface area contributed by atoms with E-state index in [0.29, 0.717) is 0 Å². The highest BCUT2D eigenvalue weighted by Gasteiger charge is 2.24. The number of imidazole rings is 1. The van der Waals surface area contributed by atoms with E-state index in [1.54, 1.807) is 0 Å². The van der Waals surface area contributed by atoms with Gasteiger partial charge < -0.3 is 15.6 Å². The molecular formula is C14H18N4O. The van der Waals surface area contributed by atoms with Crippen molar-refractivity contribution in [3.8, 4) is 0 Å². The van der Waals surface area contributed by atoms with E-state index in [1.807, 2.05) is 31.2 Å². The number of nitrogens with one attached hydrogen (secondary N) is 3. The van der Waals surface area contributed by atoms with Gasteiger partial charge in [-0.05, 0) is 38.4 Å². The van der Waals surface area contributed by atoms with Gasteiger partial charge >= 0.3 is 0 Å². The van der Waals surface area contributed by atoms with Crippen molar-refractivity contribution in [2.24, 2.45) is 0 Å². The molecule has 19 heavy (non-hydrogen) atoms. The monoisotopic (exact) mass is 258 g/mol. The molecule has 1 fully saturated rings. The number of benzene rings is 1. The van der Waals surface area contributed by atoms with Crippen molar-refractivity contribution in [2.45, 2.75) is 31.8 Å². The highest BCUT2D eigenvalue weighted by Crippen LogP contribution is 2.16. The summed E-state index contributed by atoms with van der Waals surface area (Å²) in [4.78, 5) is 19.8. The molecule has 0 saturated carbocycles. The maximum atomic E-state index is 12.0. The SMILES string of the molecule is C[C@H](NC(=O)C1CCCN1)c1nc2ccccc2[nH]1. The lowest BCUT2D eigenvalue weighted by molar-refractivity contribution is -0.123. The highest BCUT2D eigenvalue weighted by molar-refractivity contribution is 5.82. The van der Waals surface area contributed by atoms with Gasteiger partial charge in [0, 0.05) is 0 Å². The average Bonchev–Trinajstić information content (AvgIpc) is 3.07. The van der Waals surface area contributed by atoms with Gasteiger partial charge in [0.05, 0.1) is 23.1 Å². The predicted molar refractivity (Wildman–Crippen MR) is 73.7 cm³/mol. The van der Waals surface area contributed by atoms with Gasteiger partial charge in [0.2, 0.25) is 5.91 Å². The second kappa shape index (κ2) is 5.01. The maximum absolute atomic E-state index is 12.0. The van der Waals surface area contributed by atoms with Gasteiger partial charge in [-0.2, -0.15) is 0 Å². The Kier molecular flexibility index (Phi) is 3.21. The first kappa shape index (κ1) is 12.2. The van der Waals surface area contributed by atoms with Gasteiger partial charge in [-0.1, -0.05) is 12.1 Å². The summed E-state index contributed by atoms with van der Waals surface area (Å²) in [7, 11) is 0. The van der Waals surface area contributed by atoms with Crippen molar-refractivity contribution in [3.05, 3.63) is 30.1 Å². The number of hydrogen-bond donors (Lipinski definition) is 3. The van der Waals surface area contributed by atoms with E-state index < -0.39 is 0 Å². The molecule has 1 aliphatic rings. The number of fused-ring (bicyclic) bond motifs is 1. The Morgan fingerprint density at radius 3 is 3.05 bits per heavy atom. The van der Waals surface area contributed by atoms with Gasteiger partial charge in [-0.15, -0.1) is 0 Å². The van der Waals surface area contributed by atoms with Crippen LogP contribution in [0.5, 0.6) is 0 Å². The zero-order valence-electron chi connectivity index (χ0n) is 10.9. The van der Waals surface area contributed by atoms with Gasteiger partial charge in [0.1, 0.15) is 5.82 Å². The molecule has 0 radical (unpaired) electrons. The van der Waals surface area contributed by atoms with E-state index in [1.165, 1.54) is 0 Å². The van der Waals surface area contributed by atoms with Crippen LogP contribution >= 0.6 is 0 Å². The zero-order valence-corrected chi connectivity index (χ0v) is 10.9. The van der Waals surface area contributed by atoms with Crippen LogP contribution < -0.4 is 10.6 Å². The van der Waals surface area contributed by atoms with E-state index in [4.69, 9.17) is 0 Å². The smallest absolute Gasteiger partial charge is 0.237 e. The molecule has 5 heteroatoms. The molecule has 5 nitrogen and oxygen atoms in total. The number of aromatic amines is 1. The number of amides is 1. The molecule has 3 N–H and O–H groups in total. The Bertz CT molecular complexity index is 553. The molecule has 1 amide bonds. The Labute approximate surface area is 111 Å². The molecular weight excluding hydrogens is 240 g/mol. The lowest BCUT2D eigenvalue weighted by Gasteiger charge is -2.15. The van der Waals surface area contributed by atoms with Gasteiger partial charge in [0.25, 0.3) is 0 Å². The molecule has 0 spiro atoms. The summed E-state index contributed by atoms with van der Waals surface area (Å²) in [6.07, 6.45) is 1.98. The summed E-state index contributed by atoms with van der Waals surface area (Å²) in [5, 5.41) is 6.20. The summed E-state index contributed by atoms with van der Waals surface area (Å²) >= 11 is 0. The van der Waals surface area contributed by atoms with Crippen molar-refractivity contribution in [1.82, 2.24) is 20.6 Å². The second-order valence-electron chi connectivity index (χ2n) is 5.02. The third-order valence-corrected chi connectivity index (χ3v) is 3.55. The molecule has 0 aliphatic carbocycles. The van der Waals surface area contributed by atoms with Crippen LogP contribution in [0.1, 0.15) is 31.6 Å². The summed E-state index contributed by atoms with van der Waals surface area (Å²) in [6, 6.07) is 7.71. The number of hydrogen-bond acceptors (Lipinski definition) is 3. The molecule has 0 bridgehead atoms. The Morgan fingerprint density at radius 1 is 1.47 bits per heavy atom. The first-order chi connectivity index (χ1) is 9.24. The van der Waals surface area contributed by atoms with Crippen LogP contribution in [0.15, 0.2) is 24.3 Å². The van der Waals surface area contributed by atoms with Crippen LogP contribution in [-0.4, -0.2) is 28.5 Å². The van der Waals surface area contributed by atoms with Crippen molar-refractivity contribution in [3.63, 3.8) is 0 Å². The second-order valence-corrected chi connectivity index (χ2v) is 5.02. The van der Waals surface area contributed by atoms with Crippen molar-refractivity contribution in [2.75, 3.05) is 6.54 Å². The minimum absolute atomic E-state index is 0.0492. The fourth-order valence-electron chi connectivity index (χ4n) is 2.47. The standard InChI is InChI=1S/C14H18N4O/c1-9(16-14(19)12-7-4-8-15-12)13-17-10-5-2-3-6-11(10)18-13/h2-3,5-6,9,12,15H,4,7-8H2,1H3,(H,16,19)(H,17,18)/t9-,12?/m0/s1. The molecule has 100 valence electrons. The Hall–Kier alpha value is -1.88. The molecule has 1 saturated heterocycles. The van der Waals surface area contributed by atoms with Crippen LogP contribution in [0.2, 0.25) is 0 Å². The minimum Gasteiger partial charge on any atom is -0.345 e. The summed E-state index contributed by atoms with van der Waals surface area (Å²) in [6.45, 7) is 2.88. The number of para-hydroxylation sites is 2. The summed E-state index contributed by atoms with van der Waals surface area (Å²) < 4.78 is 0. The van der Waals surface area contributed by atoms with Gasteiger partial charge in [-0.3, -0.25) is 4.79 Å². The van der Waals surface area contributed by atoms with Crippen LogP contribution in [0, 0.1) is 0 Å².